The van der Waals surface area contributed by atoms with Crippen molar-refractivity contribution < 1.29 is 0 Å². The predicted molar refractivity (Wildman–Crippen MR) is 148 cm³/mol. The molecule has 1 aromatic heterocycles. The molecule has 0 saturated carbocycles. The van der Waals surface area contributed by atoms with E-state index in [0.717, 1.165) is 23.6 Å². The van der Waals surface area contributed by atoms with Crippen LogP contribution in [0.15, 0.2) is 66.7 Å². The summed E-state index contributed by atoms with van der Waals surface area (Å²) in [6.45, 7) is 18.1. The first-order valence-corrected chi connectivity index (χ1v) is 12.9. The molecule has 0 N–H and O–H groups in total. The summed E-state index contributed by atoms with van der Waals surface area (Å²) >= 11 is 0. The van der Waals surface area contributed by atoms with Gasteiger partial charge >= 0.3 is 0 Å². The lowest BCUT2D eigenvalue weighted by Crippen LogP contribution is -2.23. The molecule has 0 radical (unpaired) electrons. The fourth-order valence-electron chi connectivity index (χ4n) is 4.68. The van der Waals surface area contributed by atoms with Crippen molar-refractivity contribution in [3.8, 4) is 28.2 Å². The van der Waals surface area contributed by atoms with Crippen molar-refractivity contribution in [1.82, 2.24) is 14.8 Å². The molecule has 0 spiro atoms. The molecular formula is C32H39N3. The first-order valence-electron chi connectivity index (χ1n) is 12.9. The van der Waals surface area contributed by atoms with Crippen LogP contribution in [0.25, 0.3) is 28.2 Å². The van der Waals surface area contributed by atoms with Crippen LogP contribution in [0.2, 0.25) is 0 Å². The fraction of sp³-hybridized carbons (Fsp3) is 0.375. The average Bonchev–Trinajstić information content (AvgIpc) is 3.29. The molecule has 35 heavy (non-hydrogen) atoms. The molecule has 0 aliphatic heterocycles. The lowest BCUT2D eigenvalue weighted by molar-refractivity contribution is 0.463. The zero-order valence-corrected chi connectivity index (χ0v) is 22.6. The summed E-state index contributed by atoms with van der Waals surface area (Å²) < 4.78 is 2.37. The summed E-state index contributed by atoms with van der Waals surface area (Å²) in [4.78, 5) is 0. The molecule has 1 heterocycles. The van der Waals surface area contributed by atoms with Gasteiger partial charge in [0.25, 0.3) is 0 Å². The summed E-state index contributed by atoms with van der Waals surface area (Å²) in [5.41, 5.74) is 8.63. The van der Waals surface area contributed by atoms with Crippen LogP contribution in [0.3, 0.4) is 0 Å². The van der Waals surface area contributed by atoms with Gasteiger partial charge in [0, 0.05) is 11.0 Å². The summed E-state index contributed by atoms with van der Waals surface area (Å²) in [7, 11) is 0. The normalized spacial score (nSPS) is 12.1. The molecule has 0 saturated heterocycles. The summed E-state index contributed by atoms with van der Waals surface area (Å²) in [6.07, 6.45) is 0.981. The molecule has 4 aromatic rings. The smallest absolute Gasteiger partial charge is 0.168 e. The minimum Gasteiger partial charge on any atom is -0.278 e. The highest BCUT2D eigenvalue weighted by Gasteiger charge is 2.31. The van der Waals surface area contributed by atoms with Gasteiger partial charge in [-0.15, -0.1) is 10.2 Å². The summed E-state index contributed by atoms with van der Waals surface area (Å²) in [6, 6.07) is 24.1. The molecule has 0 atom stereocenters. The van der Waals surface area contributed by atoms with Crippen molar-refractivity contribution in [2.75, 3.05) is 0 Å². The van der Waals surface area contributed by atoms with Crippen molar-refractivity contribution in [3.63, 3.8) is 0 Å². The second-order valence-electron chi connectivity index (χ2n) is 11.0. The Kier molecular flexibility index (Phi) is 6.98. The van der Waals surface area contributed by atoms with Crippen LogP contribution in [-0.4, -0.2) is 14.8 Å². The number of aromatic nitrogens is 3. The molecule has 0 bridgehead atoms. The van der Waals surface area contributed by atoms with E-state index in [-0.39, 0.29) is 5.41 Å². The van der Waals surface area contributed by atoms with E-state index in [4.69, 9.17) is 10.2 Å². The molecular weight excluding hydrogens is 426 g/mol. The lowest BCUT2D eigenvalue weighted by Gasteiger charge is -2.28. The Hall–Kier alpha value is -3.20. The Bertz CT molecular complexity index is 1280. The van der Waals surface area contributed by atoms with Crippen molar-refractivity contribution in [2.24, 2.45) is 0 Å². The van der Waals surface area contributed by atoms with Crippen LogP contribution in [0.4, 0.5) is 0 Å². The second-order valence-corrected chi connectivity index (χ2v) is 11.0. The highest BCUT2D eigenvalue weighted by atomic mass is 15.3. The standard InChI is InChI=1S/C32H39N3/c1-9-32(7,8)31-34-33-30(25-17-13-14-23(6)18-25)35(31)29-27(21(2)3)19-26(20-28(29)22(4)5)24-15-11-10-12-16-24/h10-22H,9H2,1-8H3. The zero-order chi connectivity index (χ0) is 25.3. The zero-order valence-electron chi connectivity index (χ0n) is 22.6. The maximum atomic E-state index is 4.84. The second kappa shape index (κ2) is 9.81. The van der Waals surface area contributed by atoms with Crippen molar-refractivity contribution in [2.45, 2.75) is 79.1 Å². The van der Waals surface area contributed by atoms with Crippen molar-refractivity contribution in [1.29, 1.82) is 0 Å². The molecule has 3 aromatic carbocycles. The number of nitrogens with zero attached hydrogens (tertiary/aromatic N) is 3. The monoisotopic (exact) mass is 465 g/mol. The predicted octanol–water partition coefficient (Wildman–Crippen LogP) is 8.84. The van der Waals surface area contributed by atoms with Crippen LogP contribution in [0.5, 0.6) is 0 Å². The van der Waals surface area contributed by atoms with Crippen molar-refractivity contribution >= 4 is 0 Å². The maximum absolute atomic E-state index is 4.84. The average molecular weight is 466 g/mol. The molecule has 0 amide bonds. The van der Waals surface area contributed by atoms with Gasteiger partial charge in [0.2, 0.25) is 0 Å². The molecule has 0 fully saturated rings. The summed E-state index contributed by atoms with van der Waals surface area (Å²) in [5, 5.41) is 9.65. The van der Waals surface area contributed by atoms with Crippen molar-refractivity contribution in [3.05, 3.63) is 89.2 Å². The third kappa shape index (κ3) is 4.82. The van der Waals surface area contributed by atoms with Crippen LogP contribution < -0.4 is 0 Å². The highest BCUT2D eigenvalue weighted by Crippen LogP contribution is 2.40. The Balaban J connectivity index is 2.11. The van der Waals surface area contributed by atoms with Gasteiger partial charge in [-0.3, -0.25) is 4.57 Å². The van der Waals surface area contributed by atoms with Gasteiger partial charge in [0.15, 0.2) is 5.82 Å². The minimum atomic E-state index is -0.115. The van der Waals surface area contributed by atoms with E-state index in [9.17, 15) is 0 Å². The van der Waals surface area contributed by atoms with Crippen LogP contribution in [0.1, 0.15) is 89.2 Å². The van der Waals surface area contributed by atoms with Crippen LogP contribution in [0, 0.1) is 6.92 Å². The van der Waals surface area contributed by atoms with E-state index in [1.54, 1.807) is 0 Å². The molecule has 0 aliphatic carbocycles. The topological polar surface area (TPSA) is 30.7 Å². The SMILES string of the molecule is CCC(C)(C)c1nnc(-c2cccc(C)c2)n1-c1c(C(C)C)cc(-c2ccccc2)cc1C(C)C. The molecule has 0 unspecified atom stereocenters. The quantitative estimate of drug-likeness (QED) is 0.273. The first kappa shape index (κ1) is 24.9. The molecule has 3 nitrogen and oxygen atoms in total. The number of benzene rings is 3. The highest BCUT2D eigenvalue weighted by molar-refractivity contribution is 5.71. The van der Waals surface area contributed by atoms with Crippen LogP contribution in [-0.2, 0) is 5.41 Å². The van der Waals surface area contributed by atoms with Crippen LogP contribution >= 0.6 is 0 Å². The maximum Gasteiger partial charge on any atom is 0.168 e. The number of rotatable bonds is 7. The van der Waals surface area contributed by atoms with E-state index >= 15 is 0 Å². The number of aryl methyl sites for hydroxylation is 1. The minimum absolute atomic E-state index is 0.115. The first-order chi connectivity index (χ1) is 16.6. The van der Waals surface area contributed by atoms with Gasteiger partial charge in [-0.25, -0.2) is 0 Å². The van der Waals surface area contributed by atoms with Gasteiger partial charge in [0.05, 0.1) is 5.69 Å². The van der Waals surface area contributed by atoms with Gasteiger partial charge in [-0.2, -0.15) is 0 Å². The van der Waals surface area contributed by atoms with Gasteiger partial charge in [0.1, 0.15) is 5.82 Å². The van der Waals surface area contributed by atoms with Gasteiger partial charge in [-0.1, -0.05) is 103 Å². The molecule has 3 heteroatoms. The third-order valence-electron chi connectivity index (χ3n) is 7.17. The van der Waals surface area contributed by atoms with E-state index in [1.807, 2.05) is 0 Å². The van der Waals surface area contributed by atoms with E-state index in [0.29, 0.717) is 11.8 Å². The van der Waals surface area contributed by atoms with Gasteiger partial charge < -0.3 is 0 Å². The molecule has 0 aliphatic rings. The summed E-state index contributed by atoms with van der Waals surface area (Å²) in [5.74, 6) is 2.63. The Morgan fingerprint density at radius 2 is 1.34 bits per heavy atom. The largest absolute Gasteiger partial charge is 0.278 e. The fourth-order valence-corrected chi connectivity index (χ4v) is 4.68. The Morgan fingerprint density at radius 3 is 1.89 bits per heavy atom. The van der Waals surface area contributed by atoms with Gasteiger partial charge in [-0.05, 0) is 65.6 Å². The Morgan fingerprint density at radius 1 is 0.743 bits per heavy atom. The third-order valence-corrected chi connectivity index (χ3v) is 7.17. The number of hydrogen-bond acceptors (Lipinski definition) is 2. The van der Waals surface area contributed by atoms with E-state index in [2.05, 4.69) is 127 Å². The number of hydrogen-bond donors (Lipinski definition) is 0. The van der Waals surface area contributed by atoms with E-state index < -0.39 is 0 Å². The lowest BCUT2D eigenvalue weighted by atomic mass is 9.86. The Labute approximate surface area is 211 Å². The molecule has 182 valence electrons. The molecule has 4 rings (SSSR count). The van der Waals surface area contributed by atoms with E-state index in [1.165, 1.54) is 33.5 Å².